The van der Waals surface area contributed by atoms with Crippen LogP contribution in [-0.4, -0.2) is 62.6 Å². The maximum Gasteiger partial charge on any atom is 0.164 e. The van der Waals surface area contributed by atoms with Crippen molar-refractivity contribution < 1.29 is 8.42 Å². The number of sulfone groups is 1. The van der Waals surface area contributed by atoms with Crippen molar-refractivity contribution in [2.24, 2.45) is 5.41 Å². The number of piperidine rings is 1. The molecule has 0 aliphatic carbocycles. The van der Waals surface area contributed by atoms with Gasteiger partial charge in [0.25, 0.3) is 0 Å². The summed E-state index contributed by atoms with van der Waals surface area (Å²) in [6.45, 7) is 6.25. The predicted molar refractivity (Wildman–Crippen MR) is 77.7 cm³/mol. The van der Waals surface area contributed by atoms with Gasteiger partial charge in [-0.25, -0.2) is 8.42 Å². The lowest BCUT2D eigenvalue weighted by Crippen LogP contribution is -2.52. The van der Waals surface area contributed by atoms with E-state index < -0.39 is 9.84 Å². The fraction of sp³-hybridized carbons (Fsp3) is 1.00. The Morgan fingerprint density at radius 2 is 2.06 bits per heavy atom. The van der Waals surface area contributed by atoms with Crippen LogP contribution in [0.25, 0.3) is 0 Å². The number of hydrogen-bond acceptors (Lipinski definition) is 5. The first-order valence-corrected chi connectivity index (χ1v) is 9.73. The molecule has 0 aromatic carbocycles. The molecule has 2 heterocycles. The van der Waals surface area contributed by atoms with Crippen LogP contribution in [0.4, 0.5) is 0 Å². The molecule has 0 amide bonds. The highest BCUT2D eigenvalue weighted by molar-refractivity contribution is 8.00. The molecule has 0 aromatic rings. The molecule has 0 radical (unpaired) electrons. The van der Waals surface area contributed by atoms with Crippen LogP contribution in [0.1, 0.15) is 19.8 Å². The van der Waals surface area contributed by atoms with Gasteiger partial charge >= 0.3 is 0 Å². The van der Waals surface area contributed by atoms with Crippen LogP contribution in [-0.2, 0) is 9.84 Å². The van der Waals surface area contributed by atoms with Gasteiger partial charge in [0.15, 0.2) is 9.84 Å². The van der Waals surface area contributed by atoms with Crippen molar-refractivity contribution in [3.8, 4) is 0 Å². The minimum Gasteiger partial charge on any atom is -0.317 e. The number of hydrogen-bond donors (Lipinski definition) is 1. The maximum absolute atomic E-state index is 11.9. The number of rotatable bonds is 3. The van der Waals surface area contributed by atoms with Gasteiger partial charge in [-0.3, -0.25) is 4.90 Å². The van der Waals surface area contributed by atoms with E-state index in [-0.39, 0.29) is 10.8 Å². The van der Waals surface area contributed by atoms with Crippen LogP contribution in [0.3, 0.4) is 0 Å². The molecule has 0 spiro atoms. The molecule has 2 saturated heterocycles. The Labute approximate surface area is 115 Å². The molecule has 106 valence electrons. The van der Waals surface area contributed by atoms with Crippen LogP contribution in [0.15, 0.2) is 0 Å². The SMILES string of the molecule is CC1(CN2CCSCC2S(C)(=O)=O)CCNCC1. The highest BCUT2D eigenvalue weighted by Crippen LogP contribution is 2.32. The third kappa shape index (κ3) is 3.62. The van der Waals surface area contributed by atoms with E-state index in [4.69, 9.17) is 0 Å². The Balaban J connectivity index is 2.05. The lowest BCUT2D eigenvalue weighted by molar-refractivity contribution is 0.125. The highest BCUT2D eigenvalue weighted by atomic mass is 32.2. The van der Waals surface area contributed by atoms with E-state index >= 15 is 0 Å². The lowest BCUT2D eigenvalue weighted by Gasteiger charge is -2.42. The molecule has 0 bridgehead atoms. The summed E-state index contributed by atoms with van der Waals surface area (Å²) < 4.78 is 23.8. The van der Waals surface area contributed by atoms with E-state index in [0.29, 0.717) is 0 Å². The summed E-state index contributed by atoms with van der Waals surface area (Å²) >= 11 is 1.76. The smallest absolute Gasteiger partial charge is 0.164 e. The van der Waals surface area contributed by atoms with Crippen molar-refractivity contribution in [3.05, 3.63) is 0 Å². The zero-order valence-corrected chi connectivity index (χ0v) is 12.9. The third-order valence-electron chi connectivity index (χ3n) is 4.08. The Morgan fingerprint density at radius 3 is 2.67 bits per heavy atom. The molecule has 0 aromatic heterocycles. The van der Waals surface area contributed by atoms with Crippen LogP contribution < -0.4 is 5.32 Å². The average Bonchev–Trinajstić information content (AvgIpc) is 2.28. The van der Waals surface area contributed by atoms with Crippen molar-refractivity contribution in [2.45, 2.75) is 25.1 Å². The van der Waals surface area contributed by atoms with Gasteiger partial charge in [0.1, 0.15) is 5.37 Å². The summed E-state index contributed by atoms with van der Waals surface area (Å²) in [5.41, 5.74) is 0.274. The summed E-state index contributed by atoms with van der Waals surface area (Å²) in [6, 6.07) is 0. The topological polar surface area (TPSA) is 49.4 Å². The number of nitrogens with zero attached hydrogens (tertiary/aromatic N) is 1. The first kappa shape index (κ1) is 14.6. The molecule has 2 aliphatic heterocycles. The Bertz CT molecular complexity index is 378. The van der Waals surface area contributed by atoms with Crippen LogP contribution >= 0.6 is 11.8 Å². The van der Waals surface area contributed by atoms with Crippen LogP contribution in [0.2, 0.25) is 0 Å². The molecule has 1 unspecified atom stereocenters. The molecule has 2 aliphatic rings. The van der Waals surface area contributed by atoms with Gasteiger partial charge in [-0.15, -0.1) is 0 Å². The predicted octanol–water partition coefficient (Wildman–Crippen LogP) is 0.796. The third-order valence-corrected chi connectivity index (χ3v) is 6.77. The van der Waals surface area contributed by atoms with Gasteiger partial charge in [-0.2, -0.15) is 11.8 Å². The monoisotopic (exact) mass is 292 g/mol. The molecular weight excluding hydrogens is 268 g/mol. The van der Waals surface area contributed by atoms with Gasteiger partial charge in [0.2, 0.25) is 0 Å². The van der Waals surface area contributed by atoms with Gasteiger partial charge in [0.05, 0.1) is 0 Å². The first-order valence-electron chi connectivity index (χ1n) is 6.62. The van der Waals surface area contributed by atoms with E-state index in [2.05, 4.69) is 17.1 Å². The number of nitrogens with one attached hydrogen (secondary N) is 1. The van der Waals surface area contributed by atoms with Crippen molar-refractivity contribution in [2.75, 3.05) is 43.9 Å². The Hall–Kier alpha value is 0.220. The fourth-order valence-corrected chi connectivity index (χ4v) is 5.81. The van der Waals surface area contributed by atoms with Gasteiger partial charge in [-0.1, -0.05) is 6.92 Å². The second kappa shape index (κ2) is 5.69. The van der Waals surface area contributed by atoms with E-state index in [1.807, 2.05) is 0 Å². The molecule has 6 heteroatoms. The fourth-order valence-electron chi connectivity index (χ4n) is 2.87. The molecule has 4 nitrogen and oxygen atoms in total. The molecule has 0 saturated carbocycles. The Morgan fingerprint density at radius 1 is 1.39 bits per heavy atom. The normalized spacial score (nSPS) is 30.2. The zero-order chi connectivity index (χ0) is 13.2. The molecule has 2 rings (SSSR count). The summed E-state index contributed by atoms with van der Waals surface area (Å²) in [4.78, 5) is 2.21. The van der Waals surface area contributed by atoms with E-state index in [1.54, 1.807) is 11.8 Å². The van der Waals surface area contributed by atoms with Gasteiger partial charge in [-0.05, 0) is 31.3 Å². The quantitative estimate of drug-likeness (QED) is 0.834. The molecular formula is C12H24N2O2S2. The second-order valence-electron chi connectivity index (χ2n) is 5.89. The van der Waals surface area contributed by atoms with E-state index in [1.165, 1.54) is 6.26 Å². The van der Waals surface area contributed by atoms with Crippen LogP contribution in [0.5, 0.6) is 0 Å². The number of thioether (sulfide) groups is 1. The molecule has 1 atom stereocenters. The highest BCUT2D eigenvalue weighted by Gasteiger charge is 2.36. The second-order valence-corrected chi connectivity index (χ2v) is 9.24. The van der Waals surface area contributed by atoms with E-state index in [9.17, 15) is 8.42 Å². The lowest BCUT2D eigenvalue weighted by atomic mass is 9.80. The Kier molecular flexibility index (Phi) is 4.62. The van der Waals surface area contributed by atoms with Crippen molar-refractivity contribution in [1.82, 2.24) is 10.2 Å². The van der Waals surface area contributed by atoms with Crippen LogP contribution in [0, 0.1) is 5.41 Å². The summed E-state index contributed by atoms with van der Waals surface area (Å²) in [6.07, 6.45) is 3.67. The average molecular weight is 292 g/mol. The maximum atomic E-state index is 11.9. The van der Waals surface area contributed by atoms with Gasteiger partial charge < -0.3 is 5.32 Å². The summed E-state index contributed by atoms with van der Waals surface area (Å²) in [7, 11) is -2.96. The summed E-state index contributed by atoms with van der Waals surface area (Å²) in [5.74, 6) is 1.79. The molecule has 18 heavy (non-hydrogen) atoms. The van der Waals surface area contributed by atoms with Crippen molar-refractivity contribution >= 4 is 21.6 Å². The summed E-state index contributed by atoms with van der Waals surface area (Å²) in [5, 5.41) is 3.10. The minimum absolute atomic E-state index is 0.274. The minimum atomic E-state index is -2.96. The van der Waals surface area contributed by atoms with Gasteiger partial charge in [0, 0.05) is 30.9 Å². The van der Waals surface area contributed by atoms with Crippen molar-refractivity contribution in [1.29, 1.82) is 0 Å². The molecule has 1 N–H and O–H groups in total. The first-order chi connectivity index (χ1) is 8.41. The van der Waals surface area contributed by atoms with Crippen molar-refractivity contribution in [3.63, 3.8) is 0 Å². The van der Waals surface area contributed by atoms with E-state index in [0.717, 1.165) is 50.5 Å². The largest absolute Gasteiger partial charge is 0.317 e. The molecule has 2 fully saturated rings. The zero-order valence-electron chi connectivity index (χ0n) is 11.3. The standard InChI is InChI=1S/C12H24N2O2S2/c1-12(3-5-13-6-4-12)10-14-7-8-17-9-11(14)18(2,15)16/h11,13H,3-10H2,1-2H3.